The van der Waals surface area contributed by atoms with Crippen molar-refractivity contribution >= 4 is 83.4 Å². The number of nitrogen functional groups attached to an aromatic ring is 1. The minimum atomic E-state index is -4.98. The molecule has 0 fully saturated rings. The van der Waals surface area contributed by atoms with Gasteiger partial charge in [0.25, 0.3) is 10.1 Å². The van der Waals surface area contributed by atoms with Gasteiger partial charge in [0.2, 0.25) is 5.91 Å². The molecule has 0 saturated heterocycles. The van der Waals surface area contributed by atoms with E-state index in [9.17, 15) is 31.3 Å². The van der Waals surface area contributed by atoms with Crippen LogP contribution in [0.15, 0.2) is 90.9 Å². The number of amides is 1. The molecule has 0 aliphatic rings. The van der Waals surface area contributed by atoms with Crippen molar-refractivity contribution in [2.75, 3.05) is 24.8 Å². The van der Waals surface area contributed by atoms with E-state index in [0.717, 1.165) is 6.07 Å². The van der Waals surface area contributed by atoms with E-state index in [1.54, 1.807) is 24.3 Å². The van der Waals surface area contributed by atoms with Crippen LogP contribution in [-0.4, -0.2) is 55.9 Å². The topological polar surface area (TPSA) is 291 Å². The van der Waals surface area contributed by atoms with Crippen LogP contribution in [0, 0.1) is 0 Å². The number of anilines is 2. The number of methoxy groups -OCH3 is 1. The molecule has 0 heterocycles. The van der Waals surface area contributed by atoms with Crippen LogP contribution in [0.25, 0.3) is 10.8 Å². The van der Waals surface area contributed by atoms with Gasteiger partial charge in [-0.3, -0.25) is 13.9 Å². The fourth-order valence-electron chi connectivity index (χ4n) is 3.96. The normalized spacial score (nSPS) is 12.2. The molecular weight excluding hydrogens is 701 g/mol. The van der Waals surface area contributed by atoms with Crippen LogP contribution in [0.5, 0.6) is 11.5 Å². The Kier molecular flexibility index (Phi) is 11.6. The van der Waals surface area contributed by atoms with E-state index in [-0.39, 0.29) is 39.2 Å². The summed E-state index contributed by atoms with van der Waals surface area (Å²) in [7, 11) is -8.18. The molecule has 0 aliphatic heterocycles. The number of nitrogens with zero attached hydrogens (tertiary/aromatic N) is 4. The van der Waals surface area contributed by atoms with Crippen molar-refractivity contribution in [3.05, 3.63) is 60.7 Å². The molecule has 19 nitrogen and oxygen atoms in total. The van der Waals surface area contributed by atoms with Crippen molar-refractivity contribution in [2.45, 2.75) is 16.2 Å². The van der Waals surface area contributed by atoms with Gasteiger partial charge in [0.05, 0.1) is 59.5 Å². The van der Waals surface area contributed by atoms with E-state index in [0.29, 0.717) is 23.5 Å². The number of nitrogens with one attached hydrogen (secondary N) is 1. The summed E-state index contributed by atoms with van der Waals surface area (Å²) in [5.74, 6) is -0.678. The molecule has 0 aliphatic carbocycles. The lowest BCUT2D eigenvalue weighted by atomic mass is 10.1. The maximum absolute atomic E-state index is 12.4. The van der Waals surface area contributed by atoms with Gasteiger partial charge in [-0.2, -0.15) is 27.1 Å². The van der Waals surface area contributed by atoms with Gasteiger partial charge in [-0.15, -0.1) is 14.6 Å². The number of rotatable bonds is 14. The molecule has 0 saturated carbocycles. The highest BCUT2D eigenvalue weighted by atomic mass is 32.3. The summed E-state index contributed by atoms with van der Waals surface area (Å²) in [6.45, 7) is -0.589. The molecule has 0 radical (unpaired) electrons. The number of azo groups is 2. The van der Waals surface area contributed by atoms with Crippen LogP contribution >= 0.6 is 12.0 Å². The average molecular weight is 725 g/mol. The third-order valence-electron chi connectivity index (χ3n) is 6.06. The molecule has 0 unspecified atom stereocenters. The Labute approximate surface area is 275 Å². The van der Waals surface area contributed by atoms with E-state index in [1.807, 2.05) is 0 Å². The second-order valence-electron chi connectivity index (χ2n) is 9.20. The highest BCUT2D eigenvalue weighted by Gasteiger charge is 2.25. The summed E-state index contributed by atoms with van der Waals surface area (Å²) in [5, 5.41) is 41.9. The molecular formula is C26H24N6O13S3. The van der Waals surface area contributed by atoms with Gasteiger partial charge in [0, 0.05) is 5.69 Å². The lowest BCUT2D eigenvalue weighted by molar-refractivity contribution is -0.432. The number of ether oxygens (including phenoxy) is 1. The monoisotopic (exact) mass is 724 g/mol. The van der Waals surface area contributed by atoms with Gasteiger partial charge in [0.1, 0.15) is 22.0 Å². The first-order chi connectivity index (χ1) is 22.7. The lowest BCUT2D eigenvalue weighted by Crippen LogP contribution is -2.15. The number of aromatic hydroxyl groups is 1. The van der Waals surface area contributed by atoms with Crippen molar-refractivity contribution in [2.24, 2.45) is 20.5 Å². The molecule has 0 atom stereocenters. The van der Waals surface area contributed by atoms with Gasteiger partial charge in [-0.05, 0) is 66.0 Å². The quantitative estimate of drug-likeness (QED) is 0.0224. The first-order valence-corrected chi connectivity index (χ1v) is 16.5. The lowest BCUT2D eigenvalue weighted by Gasteiger charge is -2.14. The van der Waals surface area contributed by atoms with Crippen molar-refractivity contribution in [3.63, 3.8) is 0 Å². The zero-order valence-corrected chi connectivity index (χ0v) is 26.7. The van der Waals surface area contributed by atoms with E-state index < -0.39 is 55.1 Å². The van der Waals surface area contributed by atoms with Crippen molar-refractivity contribution in [1.82, 2.24) is 0 Å². The molecule has 1 amide bonds. The highest BCUT2D eigenvalue weighted by molar-refractivity contribution is 7.94. The Balaban J connectivity index is 1.71. The molecule has 0 spiro atoms. The summed E-state index contributed by atoms with van der Waals surface area (Å²) in [6.07, 6.45) is -0.388. The molecule has 0 aromatic heterocycles. The van der Waals surface area contributed by atoms with Crippen LogP contribution in [-0.2, 0) is 38.9 Å². The second-order valence-corrected chi connectivity index (χ2v) is 12.4. The third-order valence-corrected chi connectivity index (χ3v) is 8.01. The standard InChI is InChI=1S/C26H24N6O13S3/c1-42-18-8-6-17(7-9-18)29-31-24-19(46-45-44-35)12-14-13-20(47(36,37)38)25(23(27)22(14)26(24)34)32-30-16-4-2-15(3-5-16)28-21(33)10-11-43-48(39,40)41/h2-9,12-13,34-35H,10-11,27H2,1H3,(H,28,33)(H,36,37,38)(H,39,40,41). The Morgan fingerprint density at radius 2 is 1.52 bits per heavy atom. The third kappa shape index (κ3) is 9.40. The number of carbonyl (C=O) groups is 1. The van der Waals surface area contributed by atoms with E-state index in [4.69, 9.17) is 20.3 Å². The number of fused-ring (bicyclic) bond motifs is 1. The summed E-state index contributed by atoms with van der Waals surface area (Å²) < 4.78 is 78.2. The number of phenolic OH excluding ortho intramolecular Hbond substituents is 1. The van der Waals surface area contributed by atoms with E-state index >= 15 is 0 Å². The van der Waals surface area contributed by atoms with Crippen molar-refractivity contribution in [3.8, 4) is 11.5 Å². The summed E-state index contributed by atoms with van der Waals surface area (Å²) in [5.41, 5.74) is 5.86. The van der Waals surface area contributed by atoms with Crippen LogP contribution in [0.1, 0.15) is 6.42 Å². The van der Waals surface area contributed by atoms with Crippen LogP contribution in [0.2, 0.25) is 0 Å². The Morgan fingerprint density at radius 3 is 2.08 bits per heavy atom. The van der Waals surface area contributed by atoms with Gasteiger partial charge in [0.15, 0.2) is 5.75 Å². The summed E-state index contributed by atoms with van der Waals surface area (Å²) in [6, 6.07) is 14.2. The van der Waals surface area contributed by atoms with Crippen LogP contribution < -0.4 is 15.8 Å². The maximum Gasteiger partial charge on any atom is 0.397 e. The predicted octanol–water partition coefficient (Wildman–Crippen LogP) is 5.79. The SMILES string of the molecule is COc1ccc(N=Nc2c(SOOO)cc3cc(S(=O)(=O)O)c(N=Nc4ccc(NC(=O)CCOS(=O)(=O)O)cc4)c(N)c3c2O)cc1. The molecule has 0 bridgehead atoms. The predicted molar refractivity (Wildman–Crippen MR) is 169 cm³/mol. The molecule has 4 aromatic rings. The molecule has 4 aromatic carbocycles. The number of carbonyl (C=O) groups excluding carboxylic acids is 1. The minimum Gasteiger partial charge on any atom is -0.505 e. The Hall–Kier alpha value is -4.78. The molecule has 48 heavy (non-hydrogen) atoms. The fraction of sp³-hybridized carbons (Fsp3) is 0.115. The van der Waals surface area contributed by atoms with Gasteiger partial charge >= 0.3 is 10.4 Å². The first kappa shape index (κ1) is 36.1. The summed E-state index contributed by atoms with van der Waals surface area (Å²) >= 11 is 0.390. The number of hydrogen-bond donors (Lipinski definition) is 6. The first-order valence-electron chi connectivity index (χ1n) is 12.9. The van der Waals surface area contributed by atoms with E-state index in [1.165, 1.54) is 37.4 Å². The van der Waals surface area contributed by atoms with Gasteiger partial charge < -0.3 is 20.9 Å². The molecule has 4 rings (SSSR count). The van der Waals surface area contributed by atoms with Crippen LogP contribution in [0.3, 0.4) is 0 Å². The number of phenols is 1. The fourth-order valence-corrected chi connectivity index (χ4v) is 5.42. The number of nitrogens with two attached hydrogens (primary N) is 1. The van der Waals surface area contributed by atoms with Crippen molar-refractivity contribution in [1.29, 1.82) is 0 Å². The largest absolute Gasteiger partial charge is 0.505 e. The Morgan fingerprint density at radius 1 is 0.917 bits per heavy atom. The average Bonchev–Trinajstić information content (AvgIpc) is 3.02. The molecule has 7 N–H and O–H groups in total. The zero-order chi connectivity index (χ0) is 35.1. The summed E-state index contributed by atoms with van der Waals surface area (Å²) in [4.78, 5) is 11.2. The number of benzene rings is 4. The smallest absolute Gasteiger partial charge is 0.397 e. The molecule has 22 heteroatoms. The maximum atomic E-state index is 12.4. The Bertz CT molecular complexity index is 2090. The highest BCUT2D eigenvalue weighted by Crippen LogP contribution is 2.49. The van der Waals surface area contributed by atoms with Gasteiger partial charge in [-0.1, -0.05) is 5.04 Å². The number of hydrogen-bond acceptors (Lipinski definition) is 17. The van der Waals surface area contributed by atoms with Gasteiger partial charge in [-0.25, -0.2) is 9.44 Å². The van der Waals surface area contributed by atoms with Crippen molar-refractivity contribution < 1.29 is 59.4 Å². The molecule has 254 valence electrons. The van der Waals surface area contributed by atoms with E-state index in [2.05, 4.69) is 39.3 Å². The second kappa shape index (κ2) is 15.4. The van der Waals surface area contributed by atoms with Crippen LogP contribution in [0.4, 0.5) is 34.1 Å². The zero-order valence-electron chi connectivity index (χ0n) is 24.2. The minimum absolute atomic E-state index is 0.0143.